The van der Waals surface area contributed by atoms with Crippen molar-refractivity contribution >= 4 is 5.97 Å². The standard InChI is InChI=1S/C26H28N6O4/c1-16-22(35-19-10-6-9-18(14-19)26(33)34)12-11-20(27-16)25-21(32(2)31-30-25)15-24-29-28-23(36-24)13-17-7-4-3-5-8-17/h3-5,7-8,11-12,18-19H,6,9-10,13-15H2,1-2H3,(H,33,34). The molecule has 36 heavy (non-hydrogen) atoms. The number of aliphatic carboxylic acids is 1. The third kappa shape index (κ3) is 5.27. The minimum absolute atomic E-state index is 0.124. The first kappa shape index (κ1) is 23.7. The lowest BCUT2D eigenvalue weighted by Gasteiger charge is -2.27. The number of rotatable bonds is 8. The van der Waals surface area contributed by atoms with Gasteiger partial charge in [0.15, 0.2) is 0 Å². The van der Waals surface area contributed by atoms with Crippen molar-refractivity contribution in [1.82, 2.24) is 30.2 Å². The van der Waals surface area contributed by atoms with Crippen molar-refractivity contribution in [3.8, 4) is 17.1 Å². The van der Waals surface area contributed by atoms with Gasteiger partial charge in [-0.2, -0.15) is 0 Å². The summed E-state index contributed by atoms with van der Waals surface area (Å²) in [5.74, 6) is 0.585. The molecule has 0 saturated heterocycles. The maximum atomic E-state index is 11.4. The van der Waals surface area contributed by atoms with Gasteiger partial charge in [0.25, 0.3) is 0 Å². The molecule has 10 heteroatoms. The summed E-state index contributed by atoms with van der Waals surface area (Å²) in [6.07, 6.45) is 3.73. The third-order valence-corrected chi connectivity index (χ3v) is 6.52. The van der Waals surface area contributed by atoms with E-state index in [9.17, 15) is 9.90 Å². The van der Waals surface area contributed by atoms with Crippen molar-refractivity contribution in [2.75, 3.05) is 0 Å². The maximum Gasteiger partial charge on any atom is 0.306 e. The van der Waals surface area contributed by atoms with Crippen LogP contribution in [-0.2, 0) is 24.7 Å². The Morgan fingerprint density at radius 2 is 1.86 bits per heavy atom. The van der Waals surface area contributed by atoms with Gasteiger partial charge in [-0.15, -0.1) is 15.3 Å². The Morgan fingerprint density at radius 1 is 1.08 bits per heavy atom. The van der Waals surface area contributed by atoms with Crippen molar-refractivity contribution in [3.05, 3.63) is 71.2 Å². The predicted molar refractivity (Wildman–Crippen MR) is 129 cm³/mol. The fraction of sp³-hybridized carbons (Fsp3) is 0.385. The van der Waals surface area contributed by atoms with Crippen LogP contribution in [0.2, 0.25) is 0 Å². The molecule has 0 aliphatic heterocycles. The van der Waals surface area contributed by atoms with E-state index >= 15 is 0 Å². The van der Waals surface area contributed by atoms with Crippen molar-refractivity contribution in [2.45, 2.75) is 51.6 Å². The van der Waals surface area contributed by atoms with Crippen LogP contribution in [0.5, 0.6) is 5.75 Å². The van der Waals surface area contributed by atoms with E-state index in [1.165, 1.54) is 0 Å². The summed E-state index contributed by atoms with van der Waals surface area (Å²) in [6.45, 7) is 1.88. The second-order valence-corrected chi connectivity index (χ2v) is 9.16. The van der Waals surface area contributed by atoms with Crippen molar-refractivity contribution in [3.63, 3.8) is 0 Å². The number of carbonyl (C=O) groups is 1. The molecule has 3 heterocycles. The zero-order valence-electron chi connectivity index (χ0n) is 20.3. The fourth-order valence-corrected chi connectivity index (χ4v) is 4.58. The molecule has 1 aliphatic rings. The van der Waals surface area contributed by atoms with Gasteiger partial charge in [0.2, 0.25) is 11.8 Å². The number of pyridine rings is 1. The second-order valence-electron chi connectivity index (χ2n) is 9.16. The number of benzene rings is 1. The number of nitrogens with zero attached hydrogens (tertiary/aromatic N) is 6. The van der Waals surface area contributed by atoms with Crippen LogP contribution in [0.15, 0.2) is 46.9 Å². The predicted octanol–water partition coefficient (Wildman–Crippen LogP) is 3.77. The summed E-state index contributed by atoms with van der Waals surface area (Å²) in [7, 11) is 1.82. The van der Waals surface area contributed by atoms with Crippen molar-refractivity contribution < 1.29 is 19.1 Å². The minimum Gasteiger partial charge on any atom is -0.489 e. The molecular formula is C26H28N6O4. The zero-order valence-corrected chi connectivity index (χ0v) is 20.3. The van der Waals surface area contributed by atoms with Crippen LogP contribution in [0, 0.1) is 12.8 Å². The summed E-state index contributed by atoms with van der Waals surface area (Å²) >= 11 is 0. The third-order valence-electron chi connectivity index (χ3n) is 6.52. The van der Waals surface area contributed by atoms with Gasteiger partial charge in [0.05, 0.1) is 41.9 Å². The average Bonchev–Trinajstić information content (AvgIpc) is 3.47. The van der Waals surface area contributed by atoms with Gasteiger partial charge in [-0.1, -0.05) is 35.5 Å². The Labute approximate surface area is 208 Å². The molecule has 2 atom stereocenters. The van der Waals surface area contributed by atoms with Crippen LogP contribution in [0.1, 0.15) is 54.4 Å². The number of aryl methyl sites for hydroxylation is 2. The Morgan fingerprint density at radius 3 is 2.61 bits per heavy atom. The number of aromatic nitrogens is 6. The molecule has 1 aliphatic carbocycles. The van der Waals surface area contributed by atoms with Crippen LogP contribution in [0.4, 0.5) is 0 Å². The van der Waals surface area contributed by atoms with Gasteiger partial charge in [0.1, 0.15) is 11.4 Å². The summed E-state index contributed by atoms with van der Waals surface area (Å²) in [4.78, 5) is 16.1. The van der Waals surface area contributed by atoms with Crippen LogP contribution in [0.25, 0.3) is 11.4 Å². The average molecular weight is 489 g/mol. The van der Waals surface area contributed by atoms with Crippen LogP contribution < -0.4 is 4.74 Å². The molecule has 4 aromatic rings. The van der Waals surface area contributed by atoms with E-state index in [2.05, 4.69) is 20.5 Å². The maximum absolute atomic E-state index is 11.4. The van der Waals surface area contributed by atoms with Crippen molar-refractivity contribution in [2.24, 2.45) is 13.0 Å². The minimum atomic E-state index is -0.753. The van der Waals surface area contributed by atoms with Gasteiger partial charge in [0, 0.05) is 7.05 Å². The normalized spacial score (nSPS) is 17.7. The van der Waals surface area contributed by atoms with E-state index in [0.29, 0.717) is 60.3 Å². The van der Waals surface area contributed by atoms with E-state index < -0.39 is 5.97 Å². The summed E-state index contributed by atoms with van der Waals surface area (Å²) in [5.41, 5.74) is 3.92. The van der Waals surface area contributed by atoms with Gasteiger partial charge in [-0.25, -0.2) is 4.98 Å². The zero-order chi connectivity index (χ0) is 25.1. The lowest BCUT2D eigenvalue weighted by atomic mass is 9.87. The lowest BCUT2D eigenvalue weighted by molar-refractivity contribution is -0.143. The molecule has 0 radical (unpaired) electrons. The molecular weight excluding hydrogens is 460 g/mol. The number of hydrogen-bond acceptors (Lipinski definition) is 8. The van der Waals surface area contributed by atoms with Gasteiger partial charge in [-0.3, -0.25) is 9.48 Å². The molecule has 1 fully saturated rings. The molecule has 186 valence electrons. The first-order valence-electron chi connectivity index (χ1n) is 12.1. The molecule has 2 unspecified atom stereocenters. The summed E-state index contributed by atoms with van der Waals surface area (Å²) < 4.78 is 13.7. The monoisotopic (exact) mass is 488 g/mol. The number of carboxylic acids is 1. The van der Waals surface area contributed by atoms with Crippen LogP contribution >= 0.6 is 0 Å². The molecule has 1 aromatic carbocycles. The highest BCUT2D eigenvalue weighted by Gasteiger charge is 2.28. The number of carboxylic acid groups (broad SMARTS) is 1. The SMILES string of the molecule is Cc1nc(-c2nnn(C)c2Cc2nnc(Cc3ccccc3)o2)ccc1OC1CCCC(C(=O)O)C1. The second kappa shape index (κ2) is 10.3. The first-order chi connectivity index (χ1) is 17.5. The topological polar surface area (TPSA) is 129 Å². The Bertz CT molecular complexity index is 1350. The number of hydrogen-bond donors (Lipinski definition) is 1. The smallest absolute Gasteiger partial charge is 0.306 e. The highest BCUT2D eigenvalue weighted by molar-refractivity contribution is 5.70. The number of ether oxygens (including phenoxy) is 1. The molecule has 0 spiro atoms. The fourth-order valence-electron chi connectivity index (χ4n) is 4.58. The van der Waals surface area contributed by atoms with E-state index in [1.54, 1.807) is 4.68 Å². The molecule has 5 rings (SSSR count). The van der Waals surface area contributed by atoms with Gasteiger partial charge in [-0.05, 0) is 50.3 Å². The highest BCUT2D eigenvalue weighted by Crippen LogP contribution is 2.30. The summed E-state index contributed by atoms with van der Waals surface area (Å²) in [6, 6.07) is 13.7. The molecule has 1 N–H and O–H groups in total. The Hall–Kier alpha value is -4.08. The van der Waals surface area contributed by atoms with E-state index in [4.69, 9.17) is 14.1 Å². The largest absolute Gasteiger partial charge is 0.489 e. The van der Waals surface area contributed by atoms with Crippen LogP contribution in [-0.4, -0.2) is 47.4 Å². The summed E-state index contributed by atoms with van der Waals surface area (Å²) in [5, 5.41) is 26.3. The van der Waals surface area contributed by atoms with E-state index in [1.807, 2.05) is 56.4 Å². The lowest BCUT2D eigenvalue weighted by Crippen LogP contribution is -2.29. The quantitative estimate of drug-likeness (QED) is 0.394. The van der Waals surface area contributed by atoms with Gasteiger partial charge < -0.3 is 14.3 Å². The molecule has 3 aromatic heterocycles. The van der Waals surface area contributed by atoms with Gasteiger partial charge >= 0.3 is 5.97 Å². The van der Waals surface area contributed by atoms with Crippen molar-refractivity contribution in [1.29, 1.82) is 0 Å². The van der Waals surface area contributed by atoms with E-state index in [-0.39, 0.29) is 12.0 Å². The van der Waals surface area contributed by atoms with Crippen LogP contribution in [0.3, 0.4) is 0 Å². The molecule has 0 bridgehead atoms. The molecule has 10 nitrogen and oxygen atoms in total. The highest BCUT2D eigenvalue weighted by atomic mass is 16.5. The Balaban J connectivity index is 1.30. The molecule has 0 amide bonds. The first-order valence-corrected chi connectivity index (χ1v) is 12.1. The Kier molecular flexibility index (Phi) is 6.75. The molecule has 1 saturated carbocycles. The van der Waals surface area contributed by atoms with E-state index in [0.717, 1.165) is 24.1 Å².